The molecule has 1 saturated heterocycles. The van der Waals surface area contributed by atoms with E-state index < -0.39 is 30.5 Å². The van der Waals surface area contributed by atoms with Gasteiger partial charge in [0.2, 0.25) is 0 Å². The zero-order valence-electron chi connectivity index (χ0n) is 28.7. The Morgan fingerprint density at radius 1 is 0.392 bits per heavy atom. The summed E-state index contributed by atoms with van der Waals surface area (Å²) in [6.07, 6.45) is -2.37. The molecule has 5 nitrogen and oxygen atoms in total. The first-order valence-electron chi connectivity index (χ1n) is 17.7. The van der Waals surface area contributed by atoms with E-state index in [0.717, 1.165) is 38.9 Å². The SMILES string of the molecule is c1ccc(COCC2OC(c3cccc(-c4ccccc4)c3)C(OCc3ccccc3)C(OCc3ccccc3)C2OCc2ccccc2)cc1. The molecule has 1 fully saturated rings. The van der Waals surface area contributed by atoms with E-state index in [9.17, 15) is 0 Å². The van der Waals surface area contributed by atoms with Crippen molar-refractivity contribution in [2.75, 3.05) is 6.61 Å². The largest absolute Gasteiger partial charge is 0.374 e. The van der Waals surface area contributed by atoms with Crippen LogP contribution in [-0.2, 0) is 50.1 Å². The van der Waals surface area contributed by atoms with E-state index in [4.69, 9.17) is 23.7 Å². The summed E-state index contributed by atoms with van der Waals surface area (Å²) in [5.41, 5.74) is 7.58. The zero-order valence-corrected chi connectivity index (χ0v) is 28.7. The lowest BCUT2D eigenvalue weighted by atomic mass is 9.89. The minimum absolute atomic E-state index is 0.319. The van der Waals surface area contributed by atoms with Crippen LogP contribution in [-0.4, -0.2) is 31.0 Å². The average molecular weight is 677 g/mol. The van der Waals surface area contributed by atoms with Gasteiger partial charge in [-0.05, 0) is 45.0 Å². The van der Waals surface area contributed by atoms with Gasteiger partial charge in [0, 0.05) is 0 Å². The Morgan fingerprint density at radius 3 is 1.35 bits per heavy atom. The molecule has 51 heavy (non-hydrogen) atoms. The van der Waals surface area contributed by atoms with Crippen molar-refractivity contribution in [1.29, 1.82) is 0 Å². The molecule has 0 bridgehead atoms. The molecule has 1 heterocycles. The van der Waals surface area contributed by atoms with Crippen LogP contribution in [0.15, 0.2) is 176 Å². The molecule has 0 aromatic heterocycles. The standard InChI is InChI=1S/C46H44O5/c1-6-17-35(18-7-1)30-47-34-42-44(48-31-36-19-8-2-9-20-36)46(50-33-38-23-12-4-13-24-38)45(49-32-37-21-10-3-11-22-37)43(51-42)41-28-16-27-40(29-41)39-25-14-5-15-26-39/h1-29,42-46H,30-34H2. The Hall–Kier alpha value is -4.88. The maximum atomic E-state index is 7.13. The molecule has 5 heteroatoms. The first kappa shape index (κ1) is 34.6. The maximum Gasteiger partial charge on any atom is 0.117 e. The Kier molecular flexibility index (Phi) is 12.1. The van der Waals surface area contributed by atoms with Crippen LogP contribution < -0.4 is 0 Å². The summed E-state index contributed by atoms with van der Waals surface area (Å²) in [4.78, 5) is 0. The molecule has 7 rings (SSSR count). The van der Waals surface area contributed by atoms with E-state index >= 15 is 0 Å². The van der Waals surface area contributed by atoms with E-state index in [1.165, 1.54) is 0 Å². The van der Waals surface area contributed by atoms with Crippen molar-refractivity contribution < 1.29 is 23.7 Å². The van der Waals surface area contributed by atoms with Gasteiger partial charge in [0.15, 0.2) is 0 Å². The van der Waals surface area contributed by atoms with Crippen molar-refractivity contribution in [3.05, 3.63) is 204 Å². The van der Waals surface area contributed by atoms with Crippen LogP contribution >= 0.6 is 0 Å². The highest BCUT2D eigenvalue weighted by Crippen LogP contribution is 2.39. The zero-order chi connectivity index (χ0) is 34.5. The lowest BCUT2D eigenvalue weighted by Gasteiger charge is -2.46. The third kappa shape index (κ3) is 9.47. The Morgan fingerprint density at radius 2 is 0.824 bits per heavy atom. The molecule has 0 spiro atoms. The average Bonchev–Trinajstić information content (AvgIpc) is 3.21. The van der Waals surface area contributed by atoms with Crippen molar-refractivity contribution in [1.82, 2.24) is 0 Å². The lowest BCUT2D eigenvalue weighted by molar-refractivity contribution is -0.275. The summed E-state index contributed by atoms with van der Waals surface area (Å²) >= 11 is 0. The van der Waals surface area contributed by atoms with Gasteiger partial charge in [-0.25, -0.2) is 0 Å². The molecule has 6 aromatic carbocycles. The van der Waals surface area contributed by atoms with Crippen LogP contribution in [0.1, 0.15) is 33.9 Å². The number of benzene rings is 6. The number of rotatable bonds is 15. The lowest BCUT2D eigenvalue weighted by Crippen LogP contribution is -2.58. The summed E-state index contributed by atoms with van der Waals surface area (Å²) in [6, 6.07) is 59.9. The van der Waals surface area contributed by atoms with E-state index in [-0.39, 0.29) is 0 Å². The number of hydrogen-bond acceptors (Lipinski definition) is 5. The second-order valence-electron chi connectivity index (χ2n) is 12.9. The maximum absolute atomic E-state index is 7.13. The fourth-order valence-corrected chi connectivity index (χ4v) is 6.58. The van der Waals surface area contributed by atoms with Gasteiger partial charge in [0.1, 0.15) is 30.5 Å². The van der Waals surface area contributed by atoms with Crippen LogP contribution in [0.3, 0.4) is 0 Å². The summed E-state index contributed by atoms with van der Waals surface area (Å²) in [5, 5.41) is 0. The summed E-state index contributed by atoms with van der Waals surface area (Å²) in [6.45, 7) is 1.98. The van der Waals surface area contributed by atoms with Gasteiger partial charge in [-0.2, -0.15) is 0 Å². The van der Waals surface area contributed by atoms with E-state index in [0.29, 0.717) is 33.0 Å². The molecule has 258 valence electrons. The quantitative estimate of drug-likeness (QED) is 0.108. The summed E-state index contributed by atoms with van der Waals surface area (Å²) in [7, 11) is 0. The van der Waals surface area contributed by atoms with Crippen LogP contribution in [0.25, 0.3) is 11.1 Å². The second kappa shape index (κ2) is 17.9. The molecular formula is C46H44O5. The molecule has 0 radical (unpaired) electrons. The van der Waals surface area contributed by atoms with Gasteiger partial charge in [0.05, 0.1) is 33.0 Å². The molecule has 0 amide bonds. The predicted octanol–water partition coefficient (Wildman–Crippen LogP) is 9.77. The topological polar surface area (TPSA) is 46.2 Å². The molecule has 0 saturated carbocycles. The van der Waals surface area contributed by atoms with Crippen LogP contribution in [0, 0.1) is 0 Å². The monoisotopic (exact) mass is 676 g/mol. The molecule has 0 aliphatic carbocycles. The van der Waals surface area contributed by atoms with Crippen LogP contribution in [0.5, 0.6) is 0 Å². The van der Waals surface area contributed by atoms with Crippen LogP contribution in [0.4, 0.5) is 0 Å². The third-order valence-corrected chi connectivity index (χ3v) is 9.21. The highest BCUT2D eigenvalue weighted by molar-refractivity contribution is 5.64. The first-order chi connectivity index (χ1) is 25.3. The molecule has 5 unspecified atom stereocenters. The summed E-state index contributed by atoms with van der Waals surface area (Å²) in [5.74, 6) is 0. The molecule has 6 aromatic rings. The first-order valence-corrected chi connectivity index (χ1v) is 17.7. The smallest absolute Gasteiger partial charge is 0.117 e. The molecule has 5 atom stereocenters. The minimum atomic E-state index is -0.494. The molecule has 0 N–H and O–H groups in total. The van der Waals surface area contributed by atoms with Crippen molar-refractivity contribution >= 4 is 0 Å². The number of hydrogen-bond donors (Lipinski definition) is 0. The normalized spacial score (nSPS) is 20.2. The van der Waals surface area contributed by atoms with Gasteiger partial charge in [-0.15, -0.1) is 0 Å². The predicted molar refractivity (Wildman–Crippen MR) is 201 cm³/mol. The molecular weight excluding hydrogens is 633 g/mol. The van der Waals surface area contributed by atoms with Crippen molar-refractivity contribution in [2.45, 2.75) is 56.9 Å². The van der Waals surface area contributed by atoms with Crippen molar-refractivity contribution in [3.8, 4) is 11.1 Å². The highest BCUT2D eigenvalue weighted by atomic mass is 16.6. The van der Waals surface area contributed by atoms with Gasteiger partial charge in [-0.1, -0.05) is 170 Å². The second-order valence-corrected chi connectivity index (χ2v) is 12.9. The Labute approximate surface area is 301 Å². The van der Waals surface area contributed by atoms with Crippen molar-refractivity contribution in [2.24, 2.45) is 0 Å². The van der Waals surface area contributed by atoms with Crippen molar-refractivity contribution in [3.63, 3.8) is 0 Å². The van der Waals surface area contributed by atoms with Gasteiger partial charge < -0.3 is 23.7 Å². The minimum Gasteiger partial charge on any atom is -0.374 e. The van der Waals surface area contributed by atoms with Gasteiger partial charge in [-0.3, -0.25) is 0 Å². The van der Waals surface area contributed by atoms with Gasteiger partial charge >= 0.3 is 0 Å². The fraction of sp³-hybridized carbons (Fsp3) is 0.217. The molecule has 1 aliphatic rings. The van der Waals surface area contributed by atoms with E-state index in [1.54, 1.807) is 0 Å². The highest BCUT2D eigenvalue weighted by Gasteiger charge is 2.49. The van der Waals surface area contributed by atoms with Gasteiger partial charge in [0.25, 0.3) is 0 Å². The number of ether oxygens (including phenoxy) is 5. The Bertz CT molecular complexity index is 1870. The summed E-state index contributed by atoms with van der Waals surface area (Å²) < 4.78 is 34.2. The molecule has 1 aliphatic heterocycles. The van der Waals surface area contributed by atoms with E-state index in [2.05, 4.69) is 97.1 Å². The Balaban J connectivity index is 1.26. The van der Waals surface area contributed by atoms with Crippen LogP contribution in [0.2, 0.25) is 0 Å². The van der Waals surface area contributed by atoms with E-state index in [1.807, 2.05) is 78.9 Å². The fourth-order valence-electron chi connectivity index (χ4n) is 6.58. The third-order valence-electron chi connectivity index (χ3n) is 9.21.